The fraction of sp³-hybridized carbons (Fsp3) is 0.462. The highest BCUT2D eigenvalue weighted by Gasteiger charge is 2.39. The molecule has 1 heterocycles. The van der Waals surface area contributed by atoms with E-state index in [0.717, 1.165) is 36.3 Å². The zero-order valence-corrected chi connectivity index (χ0v) is 11.3. The van der Waals surface area contributed by atoms with Crippen LogP contribution in [0.3, 0.4) is 0 Å². The molecule has 0 atom stereocenters. The zero-order valence-electron chi connectivity index (χ0n) is 10.5. The summed E-state index contributed by atoms with van der Waals surface area (Å²) in [6.45, 7) is 0.728. The molecular formula is C13H17ClN2O3. The van der Waals surface area contributed by atoms with E-state index in [0.29, 0.717) is 6.54 Å². The van der Waals surface area contributed by atoms with Crippen LogP contribution < -0.4 is 20.5 Å². The first-order valence-corrected chi connectivity index (χ1v) is 6.13. The Labute approximate surface area is 117 Å². The first-order valence-electron chi connectivity index (χ1n) is 6.13. The SMILES string of the molecule is Cl.NC1(C(=O)NCc2ccc3c(c2)OCO3)CCC1. The van der Waals surface area contributed by atoms with Gasteiger partial charge < -0.3 is 20.5 Å². The van der Waals surface area contributed by atoms with Crippen LogP contribution in [-0.4, -0.2) is 18.2 Å². The van der Waals surface area contributed by atoms with Gasteiger partial charge in [0.1, 0.15) is 0 Å². The maximum absolute atomic E-state index is 11.9. The van der Waals surface area contributed by atoms with Crippen molar-refractivity contribution < 1.29 is 14.3 Å². The highest BCUT2D eigenvalue weighted by molar-refractivity contribution is 5.87. The fourth-order valence-corrected chi connectivity index (χ4v) is 2.19. The van der Waals surface area contributed by atoms with E-state index < -0.39 is 5.54 Å². The second kappa shape index (κ2) is 5.27. The van der Waals surface area contributed by atoms with Gasteiger partial charge in [0.05, 0.1) is 5.54 Å². The Hall–Kier alpha value is -1.46. The molecule has 3 N–H and O–H groups in total. The molecule has 0 aromatic heterocycles. The first kappa shape index (κ1) is 14.0. The third-order valence-corrected chi connectivity index (χ3v) is 3.59. The number of benzene rings is 1. The van der Waals surface area contributed by atoms with Crippen molar-refractivity contribution in [3.63, 3.8) is 0 Å². The molecule has 104 valence electrons. The van der Waals surface area contributed by atoms with Gasteiger partial charge in [0.15, 0.2) is 11.5 Å². The van der Waals surface area contributed by atoms with Gasteiger partial charge in [-0.15, -0.1) is 12.4 Å². The van der Waals surface area contributed by atoms with Gasteiger partial charge in [0.2, 0.25) is 12.7 Å². The summed E-state index contributed by atoms with van der Waals surface area (Å²) >= 11 is 0. The summed E-state index contributed by atoms with van der Waals surface area (Å²) in [5, 5.41) is 2.87. The van der Waals surface area contributed by atoms with Gasteiger partial charge in [-0.3, -0.25) is 4.79 Å². The molecule has 1 saturated carbocycles. The molecule has 0 unspecified atom stereocenters. The molecule has 1 aromatic rings. The van der Waals surface area contributed by atoms with Crippen molar-refractivity contribution in [1.82, 2.24) is 5.32 Å². The number of hydrogen-bond acceptors (Lipinski definition) is 4. The Morgan fingerprint density at radius 3 is 2.74 bits per heavy atom. The second-order valence-electron chi connectivity index (χ2n) is 4.88. The van der Waals surface area contributed by atoms with Gasteiger partial charge in [-0.25, -0.2) is 0 Å². The molecule has 0 spiro atoms. The molecule has 3 rings (SSSR count). The first-order chi connectivity index (χ1) is 8.67. The number of carbonyl (C=O) groups excluding carboxylic acids is 1. The summed E-state index contributed by atoms with van der Waals surface area (Å²) < 4.78 is 10.5. The van der Waals surface area contributed by atoms with E-state index in [2.05, 4.69) is 5.32 Å². The minimum Gasteiger partial charge on any atom is -0.454 e. The Kier molecular flexibility index (Phi) is 3.87. The van der Waals surface area contributed by atoms with E-state index >= 15 is 0 Å². The molecule has 0 bridgehead atoms. The molecule has 19 heavy (non-hydrogen) atoms. The Bertz CT molecular complexity index is 489. The van der Waals surface area contributed by atoms with Gasteiger partial charge in [0.25, 0.3) is 0 Å². The van der Waals surface area contributed by atoms with Crippen molar-refractivity contribution in [2.45, 2.75) is 31.3 Å². The van der Waals surface area contributed by atoms with Crippen LogP contribution in [0.1, 0.15) is 24.8 Å². The topological polar surface area (TPSA) is 73.6 Å². The molecule has 0 radical (unpaired) electrons. The van der Waals surface area contributed by atoms with E-state index in [9.17, 15) is 4.79 Å². The van der Waals surface area contributed by atoms with Crippen LogP contribution in [-0.2, 0) is 11.3 Å². The standard InChI is InChI=1S/C13H16N2O3.ClH/c14-13(4-1-5-13)12(16)15-7-9-2-3-10-11(6-9)18-8-17-10;/h2-3,6H,1,4-5,7-8,14H2,(H,15,16);1H. The fourth-order valence-electron chi connectivity index (χ4n) is 2.19. The Balaban J connectivity index is 0.00000133. The van der Waals surface area contributed by atoms with Gasteiger partial charge in [-0.1, -0.05) is 6.07 Å². The molecule has 6 heteroatoms. The normalized spacial score (nSPS) is 18.2. The molecule has 1 aliphatic carbocycles. The van der Waals surface area contributed by atoms with Crippen LogP contribution >= 0.6 is 12.4 Å². The van der Waals surface area contributed by atoms with Gasteiger partial charge >= 0.3 is 0 Å². The van der Waals surface area contributed by atoms with Crippen molar-refractivity contribution >= 4 is 18.3 Å². The number of nitrogens with two attached hydrogens (primary N) is 1. The quantitative estimate of drug-likeness (QED) is 0.878. The van der Waals surface area contributed by atoms with Crippen molar-refractivity contribution in [3.05, 3.63) is 23.8 Å². The summed E-state index contributed by atoms with van der Waals surface area (Å²) in [6.07, 6.45) is 2.59. The lowest BCUT2D eigenvalue weighted by atomic mass is 9.77. The van der Waals surface area contributed by atoms with Crippen molar-refractivity contribution in [2.75, 3.05) is 6.79 Å². The largest absolute Gasteiger partial charge is 0.454 e. The van der Waals surface area contributed by atoms with E-state index in [4.69, 9.17) is 15.2 Å². The van der Waals surface area contributed by atoms with Crippen molar-refractivity contribution in [2.24, 2.45) is 5.73 Å². The van der Waals surface area contributed by atoms with Crippen LogP contribution in [0.4, 0.5) is 0 Å². The number of hydrogen-bond donors (Lipinski definition) is 2. The highest BCUT2D eigenvalue weighted by atomic mass is 35.5. The second-order valence-corrected chi connectivity index (χ2v) is 4.88. The maximum Gasteiger partial charge on any atom is 0.240 e. The molecule has 1 aliphatic heterocycles. The van der Waals surface area contributed by atoms with Crippen LogP contribution in [0, 0.1) is 0 Å². The molecular weight excluding hydrogens is 268 g/mol. The van der Waals surface area contributed by atoms with Gasteiger partial charge in [0, 0.05) is 6.54 Å². The van der Waals surface area contributed by atoms with Crippen molar-refractivity contribution in [1.29, 1.82) is 0 Å². The summed E-state index contributed by atoms with van der Waals surface area (Å²) in [6, 6.07) is 5.65. The third kappa shape index (κ3) is 2.62. The number of halogens is 1. The Morgan fingerprint density at radius 2 is 2.05 bits per heavy atom. The van der Waals surface area contributed by atoms with Crippen LogP contribution in [0.2, 0.25) is 0 Å². The van der Waals surface area contributed by atoms with E-state index in [1.807, 2.05) is 18.2 Å². The predicted molar refractivity (Wildman–Crippen MR) is 72.4 cm³/mol. The zero-order chi connectivity index (χ0) is 12.6. The predicted octanol–water partition coefficient (Wildman–Crippen LogP) is 1.33. The lowest BCUT2D eigenvalue weighted by molar-refractivity contribution is -0.129. The number of nitrogens with one attached hydrogen (secondary N) is 1. The van der Waals surface area contributed by atoms with Gasteiger partial charge in [-0.2, -0.15) is 0 Å². The molecule has 2 aliphatic rings. The van der Waals surface area contributed by atoms with Crippen LogP contribution in [0.5, 0.6) is 11.5 Å². The maximum atomic E-state index is 11.9. The number of rotatable bonds is 3. The molecule has 1 fully saturated rings. The molecule has 0 saturated heterocycles. The lowest BCUT2D eigenvalue weighted by Gasteiger charge is -2.36. The summed E-state index contributed by atoms with van der Waals surface area (Å²) in [7, 11) is 0. The van der Waals surface area contributed by atoms with Crippen LogP contribution in [0.15, 0.2) is 18.2 Å². The number of fused-ring (bicyclic) bond motifs is 1. The molecule has 1 aromatic carbocycles. The number of amides is 1. The smallest absolute Gasteiger partial charge is 0.240 e. The van der Waals surface area contributed by atoms with Crippen molar-refractivity contribution in [3.8, 4) is 11.5 Å². The average molecular weight is 285 g/mol. The molecule has 1 amide bonds. The monoisotopic (exact) mass is 284 g/mol. The van der Waals surface area contributed by atoms with Crippen LogP contribution in [0.25, 0.3) is 0 Å². The highest BCUT2D eigenvalue weighted by Crippen LogP contribution is 2.33. The van der Waals surface area contributed by atoms with E-state index in [1.54, 1.807) is 0 Å². The minimum absolute atomic E-state index is 0. The third-order valence-electron chi connectivity index (χ3n) is 3.59. The van der Waals surface area contributed by atoms with E-state index in [-0.39, 0.29) is 25.1 Å². The minimum atomic E-state index is -0.643. The summed E-state index contributed by atoms with van der Waals surface area (Å²) in [4.78, 5) is 11.9. The average Bonchev–Trinajstić information content (AvgIpc) is 2.80. The van der Waals surface area contributed by atoms with E-state index in [1.165, 1.54) is 0 Å². The lowest BCUT2D eigenvalue weighted by Crippen LogP contribution is -2.58. The Morgan fingerprint density at radius 1 is 1.32 bits per heavy atom. The number of carbonyl (C=O) groups is 1. The number of ether oxygens (including phenoxy) is 2. The van der Waals surface area contributed by atoms with Gasteiger partial charge in [-0.05, 0) is 37.0 Å². The summed E-state index contributed by atoms with van der Waals surface area (Å²) in [5.74, 6) is 1.42. The summed E-state index contributed by atoms with van der Waals surface area (Å²) in [5.41, 5.74) is 6.28. The molecule has 5 nitrogen and oxygen atoms in total.